The van der Waals surface area contributed by atoms with Crippen LogP contribution in [0.4, 0.5) is 0 Å². The summed E-state index contributed by atoms with van der Waals surface area (Å²) in [7, 11) is 0. The molecule has 1 aromatic rings. The second kappa shape index (κ2) is 5.15. The second-order valence-corrected chi connectivity index (χ2v) is 5.31. The van der Waals surface area contributed by atoms with Crippen molar-refractivity contribution in [3.8, 4) is 5.88 Å². The standard InChI is InChI=1S/C12H17BrN2O/c1-8-6-11(13)12(15-7-8)16-10-4-2-9(14)3-5-10/h6-7,9-10H,2-5,14H2,1H3. The van der Waals surface area contributed by atoms with E-state index in [-0.39, 0.29) is 6.10 Å². The fourth-order valence-electron chi connectivity index (χ4n) is 1.97. The van der Waals surface area contributed by atoms with Gasteiger partial charge in [-0.25, -0.2) is 4.98 Å². The van der Waals surface area contributed by atoms with Crippen LogP contribution < -0.4 is 10.5 Å². The van der Waals surface area contributed by atoms with Gasteiger partial charge in [-0.05, 0) is 60.2 Å². The quantitative estimate of drug-likeness (QED) is 0.909. The van der Waals surface area contributed by atoms with E-state index in [9.17, 15) is 0 Å². The van der Waals surface area contributed by atoms with Crippen LogP contribution >= 0.6 is 15.9 Å². The maximum absolute atomic E-state index is 5.88. The van der Waals surface area contributed by atoms with E-state index in [1.165, 1.54) is 0 Å². The van der Waals surface area contributed by atoms with Crippen molar-refractivity contribution in [3.63, 3.8) is 0 Å². The highest BCUT2D eigenvalue weighted by Crippen LogP contribution is 2.27. The van der Waals surface area contributed by atoms with Crippen LogP contribution in [0, 0.1) is 6.92 Å². The number of halogens is 1. The van der Waals surface area contributed by atoms with Crippen LogP contribution in [-0.4, -0.2) is 17.1 Å². The molecule has 1 fully saturated rings. The molecule has 0 amide bonds. The number of aryl methyl sites for hydroxylation is 1. The Morgan fingerprint density at radius 2 is 2.06 bits per heavy atom. The highest BCUT2D eigenvalue weighted by molar-refractivity contribution is 9.10. The average molecular weight is 285 g/mol. The third kappa shape index (κ3) is 2.95. The van der Waals surface area contributed by atoms with Crippen molar-refractivity contribution in [1.82, 2.24) is 4.98 Å². The predicted octanol–water partition coefficient (Wildman–Crippen LogP) is 2.80. The molecule has 0 atom stereocenters. The molecule has 0 aliphatic heterocycles. The number of nitrogens with two attached hydrogens (primary N) is 1. The molecule has 3 nitrogen and oxygen atoms in total. The van der Waals surface area contributed by atoms with Gasteiger partial charge in [0.05, 0.1) is 4.47 Å². The van der Waals surface area contributed by atoms with Crippen molar-refractivity contribution in [2.75, 3.05) is 0 Å². The van der Waals surface area contributed by atoms with Crippen molar-refractivity contribution in [2.45, 2.75) is 44.8 Å². The summed E-state index contributed by atoms with van der Waals surface area (Å²) in [5, 5.41) is 0. The van der Waals surface area contributed by atoms with E-state index in [1.54, 1.807) is 0 Å². The predicted molar refractivity (Wildman–Crippen MR) is 67.5 cm³/mol. The van der Waals surface area contributed by atoms with Crippen molar-refractivity contribution in [2.24, 2.45) is 5.73 Å². The van der Waals surface area contributed by atoms with Crippen molar-refractivity contribution >= 4 is 15.9 Å². The van der Waals surface area contributed by atoms with Crippen molar-refractivity contribution < 1.29 is 4.74 Å². The Hall–Kier alpha value is -0.610. The summed E-state index contributed by atoms with van der Waals surface area (Å²) >= 11 is 3.47. The van der Waals surface area contributed by atoms with E-state index in [0.29, 0.717) is 11.9 Å². The highest BCUT2D eigenvalue weighted by atomic mass is 79.9. The number of hydrogen-bond acceptors (Lipinski definition) is 3. The van der Waals surface area contributed by atoms with Crippen LogP contribution in [0.15, 0.2) is 16.7 Å². The molecular weight excluding hydrogens is 268 g/mol. The minimum atomic E-state index is 0.270. The third-order valence-electron chi connectivity index (χ3n) is 2.94. The lowest BCUT2D eigenvalue weighted by atomic mass is 9.94. The summed E-state index contributed by atoms with van der Waals surface area (Å²) in [4.78, 5) is 4.29. The smallest absolute Gasteiger partial charge is 0.228 e. The van der Waals surface area contributed by atoms with Gasteiger partial charge in [-0.1, -0.05) is 0 Å². The SMILES string of the molecule is Cc1cnc(OC2CCC(N)CC2)c(Br)c1. The zero-order chi connectivity index (χ0) is 11.5. The lowest BCUT2D eigenvalue weighted by Gasteiger charge is -2.26. The normalized spacial score (nSPS) is 25.4. The molecule has 1 aromatic heterocycles. The fourth-order valence-corrected chi connectivity index (χ4v) is 2.53. The molecule has 0 unspecified atom stereocenters. The largest absolute Gasteiger partial charge is 0.474 e. The van der Waals surface area contributed by atoms with Gasteiger partial charge in [0.2, 0.25) is 5.88 Å². The zero-order valence-electron chi connectivity index (χ0n) is 9.45. The molecule has 1 heterocycles. The summed E-state index contributed by atoms with van der Waals surface area (Å²) < 4.78 is 6.81. The van der Waals surface area contributed by atoms with Crippen LogP contribution in [0.5, 0.6) is 5.88 Å². The fraction of sp³-hybridized carbons (Fsp3) is 0.583. The minimum Gasteiger partial charge on any atom is -0.474 e. The minimum absolute atomic E-state index is 0.270. The van der Waals surface area contributed by atoms with E-state index in [2.05, 4.69) is 20.9 Å². The first-order valence-electron chi connectivity index (χ1n) is 5.69. The molecule has 0 aromatic carbocycles. The number of rotatable bonds is 2. The highest BCUT2D eigenvalue weighted by Gasteiger charge is 2.20. The van der Waals surface area contributed by atoms with Crippen LogP contribution in [-0.2, 0) is 0 Å². The average Bonchev–Trinajstić information content (AvgIpc) is 2.25. The number of nitrogens with zero attached hydrogens (tertiary/aromatic N) is 1. The number of aromatic nitrogens is 1. The molecular formula is C12H17BrN2O. The van der Waals surface area contributed by atoms with Gasteiger partial charge in [-0.3, -0.25) is 0 Å². The molecule has 1 aliphatic carbocycles. The summed E-state index contributed by atoms with van der Waals surface area (Å²) in [6.07, 6.45) is 6.26. The Labute approximate surface area is 105 Å². The summed E-state index contributed by atoms with van der Waals surface area (Å²) in [6.45, 7) is 2.02. The Morgan fingerprint density at radius 3 is 2.69 bits per heavy atom. The molecule has 2 rings (SSSR count). The van der Waals surface area contributed by atoms with Gasteiger partial charge in [-0.15, -0.1) is 0 Å². The maximum atomic E-state index is 5.88. The molecule has 1 aliphatic rings. The van der Waals surface area contributed by atoms with Gasteiger partial charge < -0.3 is 10.5 Å². The first-order chi connectivity index (χ1) is 7.65. The van der Waals surface area contributed by atoms with Gasteiger partial charge in [0.25, 0.3) is 0 Å². The van der Waals surface area contributed by atoms with E-state index in [0.717, 1.165) is 35.7 Å². The summed E-state index contributed by atoms with van der Waals surface area (Å²) in [6, 6.07) is 2.38. The number of ether oxygens (including phenoxy) is 1. The molecule has 16 heavy (non-hydrogen) atoms. The summed E-state index contributed by atoms with van der Waals surface area (Å²) in [5.41, 5.74) is 6.99. The lowest BCUT2D eigenvalue weighted by Crippen LogP contribution is -2.31. The summed E-state index contributed by atoms with van der Waals surface area (Å²) in [5.74, 6) is 0.700. The second-order valence-electron chi connectivity index (χ2n) is 4.45. The topological polar surface area (TPSA) is 48.1 Å². The van der Waals surface area contributed by atoms with Crippen molar-refractivity contribution in [1.29, 1.82) is 0 Å². The lowest BCUT2D eigenvalue weighted by molar-refractivity contribution is 0.140. The molecule has 0 bridgehead atoms. The zero-order valence-corrected chi connectivity index (χ0v) is 11.0. The first-order valence-corrected chi connectivity index (χ1v) is 6.49. The van der Waals surface area contributed by atoms with Gasteiger partial charge >= 0.3 is 0 Å². The van der Waals surface area contributed by atoms with Crippen LogP contribution in [0.2, 0.25) is 0 Å². The molecule has 1 saturated carbocycles. The van der Waals surface area contributed by atoms with Gasteiger partial charge in [-0.2, -0.15) is 0 Å². The Morgan fingerprint density at radius 1 is 1.38 bits per heavy atom. The van der Waals surface area contributed by atoms with E-state index in [1.807, 2.05) is 19.2 Å². The van der Waals surface area contributed by atoms with E-state index >= 15 is 0 Å². The Bertz CT molecular complexity index is 362. The molecule has 2 N–H and O–H groups in total. The van der Waals surface area contributed by atoms with Gasteiger partial charge in [0, 0.05) is 12.2 Å². The monoisotopic (exact) mass is 284 g/mol. The maximum Gasteiger partial charge on any atom is 0.228 e. The molecule has 0 saturated heterocycles. The van der Waals surface area contributed by atoms with Crippen molar-refractivity contribution in [3.05, 3.63) is 22.3 Å². The molecule has 4 heteroatoms. The van der Waals surface area contributed by atoms with Gasteiger partial charge in [0.1, 0.15) is 6.10 Å². The Kier molecular flexibility index (Phi) is 3.82. The third-order valence-corrected chi connectivity index (χ3v) is 3.51. The van der Waals surface area contributed by atoms with E-state index in [4.69, 9.17) is 10.5 Å². The van der Waals surface area contributed by atoms with Gasteiger partial charge in [0.15, 0.2) is 0 Å². The van der Waals surface area contributed by atoms with Crippen LogP contribution in [0.1, 0.15) is 31.2 Å². The number of hydrogen-bond donors (Lipinski definition) is 1. The number of pyridine rings is 1. The Balaban J connectivity index is 1.98. The molecule has 0 spiro atoms. The molecule has 88 valence electrons. The first kappa shape index (κ1) is 11.9. The van der Waals surface area contributed by atoms with Crippen LogP contribution in [0.3, 0.4) is 0 Å². The molecule has 0 radical (unpaired) electrons. The van der Waals surface area contributed by atoms with Crippen LogP contribution in [0.25, 0.3) is 0 Å². The van der Waals surface area contributed by atoms with E-state index < -0.39 is 0 Å².